The van der Waals surface area contributed by atoms with E-state index >= 15 is 0 Å². The van der Waals surface area contributed by atoms with Crippen LogP contribution in [0.3, 0.4) is 0 Å². The highest BCUT2D eigenvalue weighted by molar-refractivity contribution is 6.24. The lowest BCUT2D eigenvalue weighted by atomic mass is 9.58. The van der Waals surface area contributed by atoms with E-state index in [1.165, 1.54) is 12.8 Å². The van der Waals surface area contributed by atoms with Crippen LogP contribution in [0.5, 0.6) is 5.75 Å². The number of allylic oxidation sites excluding steroid dienone is 1. The smallest absolute Gasteiger partial charge is 0.255 e. The van der Waals surface area contributed by atoms with E-state index in [4.69, 9.17) is 5.73 Å². The standard InChI is InChI=1S/C30H40N4O7/c1-29(2,15-7-8-15)32-12-14-11-18(35)20-16(22(14)33(3)4)9-13-10-17-23(34(5)6)25(37)21(28(31)40)27(39)30(17,41)26(38)19(13)24(20)36/h11,13,15,17,23,32,35,37-38,41H,7-10,12H2,1-6H3,(H2,31,40)/t13-,17-,23-,30-/m0/s1. The lowest BCUT2D eigenvalue weighted by Crippen LogP contribution is -2.63. The van der Waals surface area contributed by atoms with E-state index in [9.17, 15) is 34.8 Å². The number of anilines is 1. The van der Waals surface area contributed by atoms with Crippen molar-refractivity contribution < 1.29 is 34.8 Å². The number of phenolic OH excluding ortho intramolecular Hbond substituents is 1. The number of primary amides is 1. The zero-order valence-corrected chi connectivity index (χ0v) is 24.4. The lowest BCUT2D eigenvalue weighted by Gasteiger charge is -2.50. The molecule has 1 amide bonds. The number of rotatable bonds is 7. The highest BCUT2D eigenvalue weighted by atomic mass is 16.3. The molecule has 222 valence electrons. The SMILES string of the molecule is CN(C)c1c(CNC(C)(C)C2CC2)cc(O)c2c1C[C@H]1C[C@H]3[C@H](N(C)C)C(O)=C(C(N)=O)C(=O)[C@@]3(O)C(O)=C1C2=O. The van der Waals surface area contributed by atoms with Gasteiger partial charge in [-0.1, -0.05) is 0 Å². The van der Waals surface area contributed by atoms with Gasteiger partial charge in [-0.3, -0.25) is 19.3 Å². The first-order valence-electron chi connectivity index (χ1n) is 14.0. The number of nitrogens with one attached hydrogen (secondary N) is 1. The largest absolute Gasteiger partial charge is 0.510 e. The fourth-order valence-electron chi connectivity index (χ4n) is 7.34. The Labute approximate surface area is 239 Å². The van der Waals surface area contributed by atoms with Crippen molar-refractivity contribution in [2.24, 2.45) is 23.5 Å². The molecule has 0 bridgehead atoms. The number of phenols is 1. The van der Waals surface area contributed by atoms with Crippen molar-refractivity contribution in [2.45, 2.75) is 63.3 Å². The Balaban J connectivity index is 1.64. The van der Waals surface area contributed by atoms with Crippen LogP contribution >= 0.6 is 0 Å². The topological polar surface area (TPSA) is 177 Å². The van der Waals surface area contributed by atoms with Crippen LogP contribution in [0.25, 0.3) is 0 Å². The number of hydrogen-bond acceptors (Lipinski definition) is 10. The number of nitrogens with zero attached hydrogens (tertiary/aromatic N) is 2. The lowest BCUT2D eigenvalue weighted by molar-refractivity contribution is -0.148. The van der Waals surface area contributed by atoms with Crippen molar-refractivity contribution in [2.75, 3.05) is 33.1 Å². The summed E-state index contributed by atoms with van der Waals surface area (Å²) < 4.78 is 0. The fraction of sp³-hybridized carbons (Fsp3) is 0.567. The fourth-order valence-corrected chi connectivity index (χ4v) is 7.34. The first-order valence-corrected chi connectivity index (χ1v) is 14.0. The number of aromatic hydroxyl groups is 1. The summed E-state index contributed by atoms with van der Waals surface area (Å²) in [4.78, 5) is 43.0. The van der Waals surface area contributed by atoms with Gasteiger partial charge in [0.1, 0.15) is 22.8 Å². The van der Waals surface area contributed by atoms with Gasteiger partial charge in [-0.15, -0.1) is 0 Å². The second-order valence-corrected chi connectivity index (χ2v) is 13.0. The van der Waals surface area contributed by atoms with Gasteiger partial charge in [0.2, 0.25) is 5.78 Å². The second kappa shape index (κ2) is 9.57. The summed E-state index contributed by atoms with van der Waals surface area (Å²) in [7, 11) is 6.95. The van der Waals surface area contributed by atoms with Crippen molar-refractivity contribution in [3.8, 4) is 5.75 Å². The van der Waals surface area contributed by atoms with Crippen LogP contribution in [0.1, 0.15) is 54.6 Å². The molecule has 11 heteroatoms. The maximum absolute atomic E-state index is 14.0. The number of Topliss-reactive ketones (excluding diaryl/α,β-unsaturated/α-hetero) is 2. The number of nitrogens with two attached hydrogens (primary N) is 1. The Bertz CT molecular complexity index is 1420. The number of aliphatic hydroxyl groups excluding tert-OH is 2. The maximum Gasteiger partial charge on any atom is 0.255 e. The Morgan fingerprint density at radius 1 is 1.15 bits per heavy atom. The third-order valence-electron chi connectivity index (χ3n) is 9.55. The molecule has 4 atom stereocenters. The van der Waals surface area contributed by atoms with E-state index in [1.54, 1.807) is 25.1 Å². The molecule has 0 aromatic heterocycles. The summed E-state index contributed by atoms with van der Waals surface area (Å²) in [5.74, 6) is -5.97. The monoisotopic (exact) mass is 568 g/mol. The molecule has 1 saturated carbocycles. The molecule has 0 radical (unpaired) electrons. The van der Waals surface area contributed by atoms with Gasteiger partial charge in [-0.2, -0.15) is 0 Å². The number of ketones is 2. The molecule has 0 unspecified atom stereocenters. The van der Waals surface area contributed by atoms with Gasteiger partial charge in [0.05, 0.1) is 11.6 Å². The number of fused-ring (bicyclic) bond motifs is 3. The van der Waals surface area contributed by atoms with Crippen LogP contribution < -0.4 is 16.0 Å². The zero-order chi connectivity index (χ0) is 30.3. The highest BCUT2D eigenvalue weighted by Crippen LogP contribution is 2.53. The second-order valence-electron chi connectivity index (χ2n) is 13.0. The van der Waals surface area contributed by atoms with E-state index < -0.39 is 58.0 Å². The molecule has 4 aliphatic carbocycles. The third-order valence-corrected chi connectivity index (χ3v) is 9.55. The van der Waals surface area contributed by atoms with Gasteiger partial charge in [0, 0.05) is 43.4 Å². The number of likely N-dealkylation sites (N-methyl/N-ethyl adjacent to an activating group) is 1. The molecule has 0 saturated heterocycles. The van der Waals surface area contributed by atoms with Crippen LogP contribution in [0.15, 0.2) is 28.7 Å². The summed E-state index contributed by atoms with van der Waals surface area (Å²) in [6.07, 6.45) is 2.63. The van der Waals surface area contributed by atoms with Crippen LogP contribution in [-0.4, -0.2) is 88.2 Å². The molecule has 0 aliphatic heterocycles. The molecular formula is C30H40N4O7. The average Bonchev–Trinajstić information content (AvgIpc) is 3.70. The quantitative estimate of drug-likeness (QED) is 0.264. The molecule has 41 heavy (non-hydrogen) atoms. The predicted octanol–water partition coefficient (Wildman–Crippen LogP) is 1.46. The summed E-state index contributed by atoms with van der Waals surface area (Å²) in [6.45, 7) is 4.79. The number of aliphatic hydroxyl groups is 3. The summed E-state index contributed by atoms with van der Waals surface area (Å²) >= 11 is 0. The van der Waals surface area contributed by atoms with E-state index in [-0.39, 0.29) is 35.3 Å². The Hall–Kier alpha value is -3.41. The molecule has 5 rings (SSSR count). The molecule has 4 aliphatic rings. The minimum atomic E-state index is -2.65. The van der Waals surface area contributed by atoms with E-state index in [0.717, 1.165) is 11.3 Å². The number of carbonyl (C=O) groups is 3. The number of amides is 1. The summed E-state index contributed by atoms with van der Waals surface area (Å²) in [6, 6.07) is 0.530. The van der Waals surface area contributed by atoms with E-state index in [1.807, 2.05) is 19.0 Å². The predicted molar refractivity (Wildman–Crippen MR) is 152 cm³/mol. The van der Waals surface area contributed by atoms with Gasteiger partial charge in [0.15, 0.2) is 11.4 Å². The van der Waals surface area contributed by atoms with Crippen molar-refractivity contribution >= 4 is 23.2 Å². The summed E-state index contributed by atoms with van der Waals surface area (Å²) in [5.41, 5.74) is 3.92. The van der Waals surface area contributed by atoms with Gasteiger partial charge in [-0.05, 0) is 82.7 Å². The van der Waals surface area contributed by atoms with E-state index in [2.05, 4.69) is 19.2 Å². The Morgan fingerprint density at radius 2 is 1.78 bits per heavy atom. The van der Waals surface area contributed by atoms with Gasteiger partial charge >= 0.3 is 0 Å². The number of hydrogen-bond donors (Lipinski definition) is 6. The van der Waals surface area contributed by atoms with Gasteiger partial charge in [-0.25, -0.2) is 0 Å². The van der Waals surface area contributed by atoms with Crippen LogP contribution in [-0.2, 0) is 22.6 Å². The van der Waals surface area contributed by atoms with Crippen molar-refractivity contribution in [3.63, 3.8) is 0 Å². The molecule has 1 aromatic rings. The van der Waals surface area contributed by atoms with Crippen molar-refractivity contribution in [1.82, 2.24) is 10.2 Å². The molecule has 1 fully saturated rings. The molecule has 7 N–H and O–H groups in total. The summed E-state index contributed by atoms with van der Waals surface area (Å²) in [5, 5.41) is 48.9. The van der Waals surface area contributed by atoms with Gasteiger partial charge in [0.25, 0.3) is 5.91 Å². The Morgan fingerprint density at radius 3 is 2.32 bits per heavy atom. The van der Waals surface area contributed by atoms with Crippen LogP contribution in [0, 0.1) is 17.8 Å². The number of benzene rings is 1. The first-order chi connectivity index (χ1) is 19.0. The number of carbonyl (C=O) groups excluding carboxylic acids is 3. The van der Waals surface area contributed by atoms with Crippen molar-refractivity contribution in [1.29, 1.82) is 0 Å². The van der Waals surface area contributed by atoms with Crippen LogP contribution in [0.2, 0.25) is 0 Å². The normalized spacial score (nSPS) is 28.0. The van der Waals surface area contributed by atoms with E-state index in [0.29, 0.717) is 18.0 Å². The minimum absolute atomic E-state index is 0.0136. The maximum atomic E-state index is 14.0. The minimum Gasteiger partial charge on any atom is -0.510 e. The van der Waals surface area contributed by atoms with Crippen molar-refractivity contribution in [3.05, 3.63) is 45.4 Å². The zero-order valence-electron chi connectivity index (χ0n) is 24.4. The molecule has 11 nitrogen and oxygen atoms in total. The molecule has 0 heterocycles. The highest BCUT2D eigenvalue weighted by Gasteiger charge is 2.63. The third kappa shape index (κ3) is 4.24. The molecule has 0 spiro atoms. The van der Waals surface area contributed by atoms with Gasteiger partial charge < -0.3 is 36.4 Å². The first kappa shape index (κ1) is 29.1. The van der Waals surface area contributed by atoms with Crippen LogP contribution in [0.4, 0.5) is 5.69 Å². The Kier molecular flexibility index (Phi) is 6.79. The molecule has 1 aromatic carbocycles. The average molecular weight is 569 g/mol. The molecular weight excluding hydrogens is 528 g/mol.